The molecule has 110 valence electrons. The lowest BCUT2D eigenvalue weighted by atomic mass is 10.1. The van der Waals surface area contributed by atoms with Gasteiger partial charge in [-0.05, 0) is 18.6 Å². The number of nitrogens with one attached hydrogen (secondary N) is 1. The molecule has 0 radical (unpaired) electrons. The number of hydrogen-bond acceptors (Lipinski definition) is 3. The van der Waals surface area contributed by atoms with Gasteiger partial charge in [0.05, 0.1) is 11.3 Å². The normalized spacial score (nSPS) is 18.5. The molecule has 1 fully saturated rings. The average Bonchev–Trinajstić information content (AvgIpc) is 2.58. The van der Waals surface area contributed by atoms with Gasteiger partial charge in [0.25, 0.3) is 5.91 Å². The Hall–Kier alpha value is -1.23. The zero-order chi connectivity index (χ0) is 14.8. The van der Waals surface area contributed by atoms with Gasteiger partial charge in [-0.25, -0.2) is 4.39 Å². The first-order valence-corrected chi connectivity index (χ1v) is 7.83. The van der Waals surface area contributed by atoms with E-state index in [2.05, 4.69) is 19.2 Å². The molecule has 1 aromatic carbocycles. The van der Waals surface area contributed by atoms with Crippen molar-refractivity contribution in [1.29, 1.82) is 0 Å². The van der Waals surface area contributed by atoms with Gasteiger partial charge in [-0.3, -0.25) is 4.79 Å². The van der Waals surface area contributed by atoms with Gasteiger partial charge in [0.1, 0.15) is 5.82 Å². The minimum atomic E-state index is -0.386. The van der Waals surface area contributed by atoms with E-state index in [1.807, 2.05) is 16.7 Å². The molecular formula is C15H21FN2OS. The quantitative estimate of drug-likeness (QED) is 0.909. The highest BCUT2D eigenvalue weighted by atomic mass is 32.2. The van der Waals surface area contributed by atoms with E-state index >= 15 is 0 Å². The standard InChI is InChI=1S/C15H21FN2OS/c1-15(2)7-8-18(9-10-20-15)14(19)11-5-4-6-12(16)13(11)17-3/h4-6,17H,7-10H2,1-3H3. The number of carbonyl (C=O) groups excluding carboxylic acids is 1. The van der Waals surface area contributed by atoms with Gasteiger partial charge < -0.3 is 10.2 Å². The van der Waals surface area contributed by atoms with Gasteiger partial charge in [-0.1, -0.05) is 19.9 Å². The van der Waals surface area contributed by atoms with Gasteiger partial charge in [0, 0.05) is 30.6 Å². The molecule has 0 aromatic heterocycles. The van der Waals surface area contributed by atoms with Crippen LogP contribution in [0.25, 0.3) is 0 Å². The summed E-state index contributed by atoms with van der Waals surface area (Å²) in [7, 11) is 1.64. The highest BCUT2D eigenvalue weighted by Gasteiger charge is 2.27. The fraction of sp³-hybridized carbons (Fsp3) is 0.533. The van der Waals surface area contributed by atoms with Crippen LogP contribution in [0.15, 0.2) is 18.2 Å². The predicted octanol–water partition coefficient (Wildman–Crippen LogP) is 3.23. The molecule has 1 aliphatic rings. The number of carbonyl (C=O) groups is 1. The van der Waals surface area contributed by atoms with Crippen molar-refractivity contribution >= 4 is 23.4 Å². The zero-order valence-electron chi connectivity index (χ0n) is 12.2. The fourth-order valence-corrected chi connectivity index (χ4v) is 3.45. The molecule has 20 heavy (non-hydrogen) atoms. The first-order chi connectivity index (χ1) is 9.44. The summed E-state index contributed by atoms with van der Waals surface area (Å²) >= 11 is 1.89. The van der Waals surface area contributed by atoms with E-state index in [9.17, 15) is 9.18 Å². The summed E-state index contributed by atoms with van der Waals surface area (Å²) in [5, 5.41) is 2.79. The Labute approximate surface area is 123 Å². The largest absolute Gasteiger partial charge is 0.385 e. The number of benzene rings is 1. The Kier molecular flexibility index (Phi) is 4.58. The highest BCUT2D eigenvalue weighted by molar-refractivity contribution is 8.00. The molecule has 0 unspecified atom stereocenters. The third-order valence-corrected chi connectivity index (χ3v) is 4.99. The Bertz CT molecular complexity index is 505. The van der Waals surface area contributed by atoms with Gasteiger partial charge in [0.15, 0.2) is 0 Å². The van der Waals surface area contributed by atoms with Crippen molar-refractivity contribution in [1.82, 2.24) is 4.90 Å². The fourth-order valence-electron chi connectivity index (χ4n) is 2.35. The Morgan fingerprint density at radius 1 is 1.40 bits per heavy atom. The highest BCUT2D eigenvalue weighted by Crippen LogP contribution is 2.31. The van der Waals surface area contributed by atoms with E-state index in [4.69, 9.17) is 0 Å². The van der Waals surface area contributed by atoms with Gasteiger partial charge in [0.2, 0.25) is 0 Å². The van der Waals surface area contributed by atoms with Crippen LogP contribution in [0.1, 0.15) is 30.6 Å². The van der Waals surface area contributed by atoms with E-state index in [0.717, 1.165) is 18.7 Å². The number of halogens is 1. The second kappa shape index (κ2) is 6.04. The van der Waals surface area contributed by atoms with Crippen LogP contribution in [0.2, 0.25) is 0 Å². The Balaban J connectivity index is 2.21. The molecule has 0 saturated carbocycles. The Morgan fingerprint density at radius 3 is 2.85 bits per heavy atom. The molecule has 0 spiro atoms. The molecular weight excluding hydrogens is 275 g/mol. The first kappa shape index (κ1) is 15.2. The molecule has 1 N–H and O–H groups in total. The summed E-state index contributed by atoms with van der Waals surface area (Å²) in [6.45, 7) is 5.84. The third-order valence-electron chi connectivity index (χ3n) is 3.62. The van der Waals surface area contributed by atoms with E-state index < -0.39 is 0 Å². The van der Waals surface area contributed by atoms with Crippen molar-refractivity contribution in [2.45, 2.75) is 25.0 Å². The van der Waals surface area contributed by atoms with E-state index in [0.29, 0.717) is 12.1 Å². The summed E-state index contributed by atoms with van der Waals surface area (Å²) in [6, 6.07) is 4.63. The number of hydrogen-bond donors (Lipinski definition) is 1. The van der Waals surface area contributed by atoms with Crippen molar-refractivity contribution in [2.75, 3.05) is 31.2 Å². The van der Waals surface area contributed by atoms with E-state index in [1.165, 1.54) is 6.07 Å². The van der Waals surface area contributed by atoms with Crippen LogP contribution in [0.4, 0.5) is 10.1 Å². The lowest BCUT2D eigenvalue weighted by Gasteiger charge is -2.23. The summed E-state index contributed by atoms with van der Waals surface area (Å²) in [5.41, 5.74) is 0.700. The number of amides is 1. The molecule has 1 aromatic rings. The van der Waals surface area contributed by atoms with Crippen molar-refractivity contribution in [3.05, 3.63) is 29.6 Å². The first-order valence-electron chi connectivity index (χ1n) is 6.84. The maximum absolute atomic E-state index is 13.7. The van der Waals surface area contributed by atoms with Crippen LogP contribution in [0, 0.1) is 5.82 Å². The van der Waals surface area contributed by atoms with Crippen LogP contribution in [0.3, 0.4) is 0 Å². The summed E-state index contributed by atoms with van der Waals surface area (Å²) in [4.78, 5) is 14.4. The van der Waals surface area contributed by atoms with E-state index in [-0.39, 0.29) is 22.2 Å². The summed E-state index contributed by atoms with van der Waals surface area (Å²) in [5.74, 6) is 0.443. The van der Waals surface area contributed by atoms with Crippen LogP contribution < -0.4 is 5.32 Å². The Morgan fingerprint density at radius 2 is 2.15 bits per heavy atom. The number of para-hydroxylation sites is 1. The van der Waals surface area contributed by atoms with Crippen molar-refractivity contribution in [3.63, 3.8) is 0 Å². The van der Waals surface area contributed by atoms with Gasteiger partial charge in [-0.15, -0.1) is 0 Å². The van der Waals surface area contributed by atoms with Crippen LogP contribution in [-0.4, -0.2) is 41.4 Å². The molecule has 1 heterocycles. The number of thioether (sulfide) groups is 1. The number of rotatable bonds is 2. The molecule has 0 aliphatic carbocycles. The zero-order valence-corrected chi connectivity index (χ0v) is 13.0. The minimum absolute atomic E-state index is 0.0906. The maximum Gasteiger partial charge on any atom is 0.256 e. The lowest BCUT2D eigenvalue weighted by molar-refractivity contribution is 0.0765. The predicted molar refractivity (Wildman–Crippen MR) is 83.0 cm³/mol. The lowest BCUT2D eigenvalue weighted by Crippen LogP contribution is -2.34. The van der Waals surface area contributed by atoms with Gasteiger partial charge >= 0.3 is 0 Å². The molecule has 1 amide bonds. The second-order valence-electron chi connectivity index (χ2n) is 5.56. The molecule has 5 heteroatoms. The second-order valence-corrected chi connectivity index (χ2v) is 7.36. The minimum Gasteiger partial charge on any atom is -0.385 e. The third kappa shape index (κ3) is 3.26. The van der Waals surface area contributed by atoms with Crippen molar-refractivity contribution in [2.24, 2.45) is 0 Å². The van der Waals surface area contributed by atoms with Crippen molar-refractivity contribution in [3.8, 4) is 0 Å². The maximum atomic E-state index is 13.7. The molecule has 3 nitrogen and oxygen atoms in total. The molecule has 1 saturated heterocycles. The summed E-state index contributed by atoms with van der Waals surface area (Å²) in [6.07, 6.45) is 0.952. The number of nitrogens with zero attached hydrogens (tertiary/aromatic N) is 1. The SMILES string of the molecule is CNc1c(F)cccc1C(=O)N1CCSC(C)(C)CC1. The average molecular weight is 296 g/mol. The topological polar surface area (TPSA) is 32.3 Å². The number of anilines is 1. The van der Waals surface area contributed by atoms with Crippen LogP contribution in [0.5, 0.6) is 0 Å². The monoisotopic (exact) mass is 296 g/mol. The van der Waals surface area contributed by atoms with Crippen molar-refractivity contribution < 1.29 is 9.18 Å². The molecule has 0 atom stereocenters. The molecule has 1 aliphatic heterocycles. The molecule has 0 bridgehead atoms. The van der Waals surface area contributed by atoms with Crippen LogP contribution >= 0.6 is 11.8 Å². The van der Waals surface area contributed by atoms with Gasteiger partial charge in [-0.2, -0.15) is 11.8 Å². The summed E-state index contributed by atoms with van der Waals surface area (Å²) < 4.78 is 13.9. The smallest absolute Gasteiger partial charge is 0.256 e. The molecule has 2 rings (SSSR count). The van der Waals surface area contributed by atoms with Crippen LogP contribution in [-0.2, 0) is 0 Å². The van der Waals surface area contributed by atoms with E-state index in [1.54, 1.807) is 19.2 Å².